The highest BCUT2D eigenvalue weighted by Gasteiger charge is 2.34. The molecule has 0 amide bonds. The van der Waals surface area contributed by atoms with Gasteiger partial charge in [-0.3, -0.25) is 0 Å². The monoisotopic (exact) mass is 275 g/mol. The summed E-state index contributed by atoms with van der Waals surface area (Å²) in [5.74, 6) is 0.627. The summed E-state index contributed by atoms with van der Waals surface area (Å²) in [5, 5.41) is 9.28. The van der Waals surface area contributed by atoms with Crippen LogP contribution < -0.4 is 0 Å². The Morgan fingerprint density at radius 1 is 1.67 bits per heavy atom. The van der Waals surface area contributed by atoms with Gasteiger partial charge in [0.15, 0.2) is 5.03 Å². The molecule has 1 aliphatic heterocycles. The number of imidazole rings is 1. The van der Waals surface area contributed by atoms with Gasteiger partial charge in [0.25, 0.3) is 10.0 Å². The van der Waals surface area contributed by atoms with Crippen LogP contribution in [0.5, 0.6) is 0 Å². The van der Waals surface area contributed by atoms with Crippen molar-refractivity contribution < 1.29 is 18.3 Å². The minimum atomic E-state index is -3.64. The SMILES string of the molecule is CCc1ncc(S(=O)(=O)N2CCOCC2CO)[nH]1. The van der Waals surface area contributed by atoms with E-state index in [2.05, 4.69) is 9.97 Å². The molecule has 0 spiro atoms. The van der Waals surface area contributed by atoms with Crippen LogP contribution >= 0.6 is 0 Å². The molecule has 1 saturated heterocycles. The number of ether oxygens (including phenoxy) is 1. The Morgan fingerprint density at radius 2 is 2.44 bits per heavy atom. The molecule has 1 aromatic rings. The van der Waals surface area contributed by atoms with Crippen LogP contribution in [0.25, 0.3) is 0 Å². The van der Waals surface area contributed by atoms with Gasteiger partial charge in [-0.2, -0.15) is 4.31 Å². The van der Waals surface area contributed by atoms with Crippen molar-refractivity contribution in [2.24, 2.45) is 0 Å². The third kappa shape index (κ3) is 2.41. The lowest BCUT2D eigenvalue weighted by molar-refractivity contribution is 0.0108. The second-order valence-electron chi connectivity index (χ2n) is 4.07. The second kappa shape index (κ2) is 5.35. The highest BCUT2D eigenvalue weighted by molar-refractivity contribution is 7.89. The van der Waals surface area contributed by atoms with Gasteiger partial charge in [0.1, 0.15) is 5.82 Å². The Hall–Kier alpha value is -0.960. The van der Waals surface area contributed by atoms with E-state index in [1.54, 1.807) is 0 Å². The average molecular weight is 275 g/mol. The van der Waals surface area contributed by atoms with Crippen LogP contribution in [0.15, 0.2) is 11.2 Å². The molecule has 1 fully saturated rings. The Labute approximate surface area is 106 Å². The quantitative estimate of drug-likeness (QED) is 0.761. The van der Waals surface area contributed by atoms with E-state index < -0.39 is 16.1 Å². The normalized spacial score (nSPS) is 22.2. The number of sulfonamides is 1. The second-order valence-corrected chi connectivity index (χ2v) is 5.93. The van der Waals surface area contributed by atoms with Gasteiger partial charge in [-0.1, -0.05) is 6.92 Å². The predicted octanol–water partition coefficient (Wildman–Crippen LogP) is -0.646. The lowest BCUT2D eigenvalue weighted by Gasteiger charge is -2.32. The third-order valence-electron chi connectivity index (χ3n) is 2.91. The molecule has 18 heavy (non-hydrogen) atoms. The van der Waals surface area contributed by atoms with Crippen molar-refractivity contribution in [1.82, 2.24) is 14.3 Å². The number of aliphatic hydroxyl groups is 1. The van der Waals surface area contributed by atoms with Gasteiger partial charge in [-0.25, -0.2) is 13.4 Å². The van der Waals surface area contributed by atoms with Gasteiger partial charge in [0.05, 0.1) is 32.1 Å². The Morgan fingerprint density at radius 3 is 3.06 bits per heavy atom. The number of H-pyrrole nitrogens is 1. The van der Waals surface area contributed by atoms with Crippen LogP contribution in [0.2, 0.25) is 0 Å². The molecule has 102 valence electrons. The molecular weight excluding hydrogens is 258 g/mol. The van der Waals surface area contributed by atoms with E-state index in [1.807, 2.05) is 6.92 Å². The maximum absolute atomic E-state index is 12.4. The van der Waals surface area contributed by atoms with E-state index in [-0.39, 0.29) is 24.8 Å². The van der Waals surface area contributed by atoms with Crippen molar-refractivity contribution in [3.05, 3.63) is 12.0 Å². The van der Waals surface area contributed by atoms with E-state index >= 15 is 0 Å². The summed E-state index contributed by atoms with van der Waals surface area (Å²) in [7, 11) is -3.64. The van der Waals surface area contributed by atoms with Crippen molar-refractivity contribution in [2.75, 3.05) is 26.4 Å². The Bertz CT molecular complexity index is 499. The van der Waals surface area contributed by atoms with Gasteiger partial charge in [-0.05, 0) is 0 Å². The van der Waals surface area contributed by atoms with Crippen LogP contribution in [0.3, 0.4) is 0 Å². The highest BCUT2D eigenvalue weighted by atomic mass is 32.2. The summed E-state index contributed by atoms with van der Waals surface area (Å²) in [6.45, 7) is 2.43. The molecule has 2 rings (SSSR count). The van der Waals surface area contributed by atoms with Crippen molar-refractivity contribution in [3.63, 3.8) is 0 Å². The van der Waals surface area contributed by atoms with Crippen LogP contribution in [-0.2, 0) is 21.2 Å². The fourth-order valence-electron chi connectivity index (χ4n) is 1.88. The number of hydrogen-bond donors (Lipinski definition) is 2. The van der Waals surface area contributed by atoms with Crippen LogP contribution in [0.4, 0.5) is 0 Å². The zero-order valence-corrected chi connectivity index (χ0v) is 11.0. The lowest BCUT2D eigenvalue weighted by atomic mass is 10.3. The number of aliphatic hydroxyl groups excluding tert-OH is 1. The number of aromatic nitrogens is 2. The van der Waals surface area contributed by atoms with E-state index in [1.165, 1.54) is 10.5 Å². The molecule has 7 nitrogen and oxygen atoms in total. The maximum Gasteiger partial charge on any atom is 0.260 e. The van der Waals surface area contributed by atoms with Gasteiger partial charge in [0.2, 0.25) is 0 Å². The van der Waals surface area contributed by atoms with E-state index in [0.717, 1.165) is 0 Å². The highest BCUT2D eigenvalue weighted by Crippen LogP contribution is 2.19. The topological polar surface area (TPSA) is 95.5 Å². The largest absolute Gasteiger partial charge is 0.395 e. The van der Waals surface area contributed by atoms with Crippen molar-refractivity contribution in [2.45, 2.75) is 24.4 Å². The number of hydrogen-bond acceptors (Lipinski definition) is 5. The Balaban J connectivity index is 2.28. The molecule has 1 atom stereocenters. The first kappa shape index (κ1) is 13.5. The number of rotatable bonds is 4. The standard InChI is InChI=1S/C10H17N3O4S/c1-2-9-11-5-10(12-9)18(15,16)13-3-4-17-7-8(13)6-14/h5,8,14H,2-4,6-7H2,1H3,(H,11,12). The van der Waals surface area contributed by atoms with Gasteiger partial charge >= 0.3 is 0 Å². The van der Waals surface area contributed by atoms with Crippen LogP contribution in [0.1, 0.15) is 12.7 Å². The number of aromatic amines is 1. The predicted molar refractivity (Wildman–Crippen MR) is 63.6 cm³/mol. The van der Waals surface area contributed by atoms with Gasteiger partial charge in [-0.15, -0.1) is 0 Å². The fraction of sp³-hybridized carbons (Fsp3) is 0.700. The number of nitrogens with zero attached hydrogens (tertiary/aromatic N) is 2. The molecule has 1 aliphatic rings. The fourth-order valence-corrected chi connectivity index (χ4v) is 3.40. The summed E-state index contributed by atoms with van der Waals surface area (Å²) in [6, 6.07) is -0.530. The molecule has 2 heterocycles. The number of morpholine rings is 1. The average Bonchev–Trinajstić information content (AvgIpc) is 2.88. The van der Waals surface area contributed by atoms with Crippen molar-refractivity contribution in [3.8, 4) is 0 Å². The van der Waals surface area contributed by atoms with Crippen LogP contribution in [-0.4, -0.2) is 60.2 Å². The first-order valence-electron chi connectivity index (χ1n) is 5.84. The van der Waals surface area contributed by atoms with E-state index in [9.17, 15) is 13.5 Å². The smallest absolute Gasteiger partial charge is 0.260 e. The molecule has 0 saturated carbocycles. The number of nitrogens with one attached hydrogen (secondary N) is 1. The number of aryl methyl sites for hydroxylation is 1. The zero-order valence-electron chi connectivity index (χ0n) is 10.2. The maximum atomic E-state index is 12.4. The van der Waals surface area contributed by atoms with Crippen molar-refractivity contribution >= 4 is 10.0 Å². The van der Waals surface area contributed by atoms with Crippen molar-refractivity contribution in [1.29, 1.82) is 0 Å². The lowest BCUT2D eigenvalue weighted by Crippen LogP contribution is -2.50. The van der Waals surface area contributed by atoms with Crippen LogP contribution in [0, 0.1) is 0 Å². The molecule has 0 radical (unpaired) electrons. The summed E-state index contributed by atoms with van der Waals surface area (Å²) in [4.78, 5) is 6.77. The minimum Gasteiger partial charge on any atom is -0.395 e. The molecule has 8 heteroatoms. The molecule has 1 unspecified atom stereocenters. The molecular formula is C10H17N3O4S. The molecule has 0 bridgehead atoms. The summed E-state index contributed by atoms with van der Waals surface area (Å²) >= 11 is 0. The first-order chi connectivity index (χ1) is 8.59. The first-order valence-corrected chi connectivity index (χ1v) is 7.28. The van der Waals surface area contributed by atoms with E-state index in [4.69, 9.17) is 4.74 Å². The third-order valence-corrected chi connectivity index (χ3v) is 4.77. The zero-order chi connectivity index (χ0) is 13.2. The van der Waals surface area contributed by atoms with Gasteiger partial charge in [0, 0.05) is 13.0 Å². The molecule has 0 aliphatic carbocycles. The molecule has 1 aromatic heterocycles. The summed E-state index contributed by atoms with van der Waals surface area (Å²) in [5.41, 5.74) is 0. The van der Waals surface area contributed by atoms with Gasteiger partial charge < -0.3 is 14.8 Å². The molecule has 0 aromatic carbocycles. The summed E-state index contributed by atoms with van der Waals surface area (Å²) in [6.07, 6.45) is 1.96. The van der Waals surface area contributed by atoms with E-state index in [0.29, 0.717) is 18.9 Å². The summed E-state index contributed by atoms with van der Waals surface area (Å²) < 4.78 is 31.2. The minimum absolute atomic E-state index is 0.0692. The Kier molecular flexibility index (Phi) is 4.00. The molecule has 2 N–H and O–H groups in total.